The zero-order valence-electron chi connectivity index (χ0n) is 13.3. The van der Waals surface area contributed by atoms with Gasteiger partial charge in [0.2, 0.25) is 0 Å². The van der Waals surface area contributed by atoms with Gasteiger partial charge < -0.3 is 10.6 Å². The Kier molecular flexibility index (Phi) is 6.41. The predicted octanol–water partition coefficient (Wildman–Crippen LogP) is 4.15. The fraction of sp³-hybridized carbons (Fsp3) is 0.316. The topological polar surface area (TPSA) is 24.1 Å². The molecular formula is C19H24N2S. The fourth-order valence-electron chi connectivity index (χ4n) is 2.39. The monoisotopic (exact) mass is 312 g/mol. The molecule has 0 saturated heterocycles. The summed E-state index contributed by atoms with van der Waals surface area (Å²) < 4.78 is 0. The van der Waals surface area contributed by atoms with E-state index in [9.17, 15) is 0 Å². The van der Waals surface area contributed by atoms with E-state index >= 15 is 0 Å². The molecule has 0 heterocycles. The van der Waals surface area contributed by atoms with Crippen LogP contribution in [-0.2, 0) is 6.42 Å². The molecule has 0 aliphatic carbocycles. The first kappa shape index (κ1) is 16.5. The lowest BCUT2D eigenvalue weighted by molar-refractivity contribution is 0.616. The predicted molar refractivity (Wildman–Crippen MR) is 98.1 cm³/mol. The van der Waals surface area contributed by atoms with Crippen molar-refractivity contribution in [2.45, 2.75) is 32.7 Å². The van der Waals surface area contributed by atoms with Crippen LogP contribution in [0.1, 0.15) is 36.1 Å². The Morgan fingerprint density at radius 3 is 2.36 bits per heavy atom. The van der Waals surface area contributed by atoms with Crippen LogP contribution in [0.2, 0.25) is 0 Å². The number of thiocarbonyl (C=S) groups is 1. The van der Waals surface area contributed by atoms with Gasteiger partial charge >= 0.3 is 0 Å². The van der Waals surface area contributed by atoms with Crippen LogP contribution >= 0.6 is 12.2 Å². The highest BCUT2D eigenvalue weighted by Crippen LogP contribution is 2.16. The Morgan fingerprint density at radius 2 is 1.73 bits per heavy atom. The van der Waals surface area contributed by atoms with Gasteiger partial charge in [-0.3, -0.25) is 0 Å². The van der Waals surface area contributed by atoms with Crippen molar-refractivity contribution < 1.29 is 0 Å². The summed E-state index contributed by atoms with van der Waals surface area (Å²) in [5.74, 6) is 0. The second kappa shape index (κ2) is 8.54. The molecule has 0 aliphatic heterocycles. The van der Waals surface area contributed by atoms with Crippen LogP contribution in [0.15, 0.2) is 54.6 Å². The van der Waals surface area contributed by atoms with Crippen LogP contribution in [-0.4, -0.2) is 11.7 Å². The number of aryl methyl sites for hydroxylation is 1. The van der Waals surface area contributed by atoms with Gasteiger partial charge in [0.15, 0.2) is 5.11 Å². The summed E-state index contributed by atoms with van der Waals surface area (Å²) in [6.07, 6.45) is 1.98. The molecule has 1 atom stereocenters. The first-order valence-corrected chi connectivity index (χ1v) is 8.24. The summed E-state index contributed by atoms with van der Waals surface area (Å²) in [7, 11) is 0. The molecule has 0 saturated carbocycles. The largest absolute Gasteiger partial charge is 0.362 e. The molecule has 0 aromatic heterocycles. The van der Waals surface area contributed by atoms with Gasteiger partial charge in [0.1, 0.15) is 0 Å². The number of benzene rings is 2. The van der Waals surface area contributed by atoms with E-state index < -0.39 is 0 Å². The Bertz CT molecular complexity index is 578. The maximum atomic E-state index is 5.42. The third-order valence-electron chi connectivity index (χ3n) is 3.74. The Hall–Kier alpha value is -1.87. The summed E-state index contributed by atoms with van der Waals surface area (Å²) in [5, 5.41) is 7.43. The van der Waals surface area contributed by atoms with Crippen molar-refractivity contribution >= 4 is 17.3 Å². The SMILES string of the molecule is CCC(NC(=S)NCCc1ccccc1)c1ccc(C)cc1. The maximum absolute atomic E-state index is 5.42. The van der Waals surface area contributed by atoms with Crippen molar-refractivity contribution in [2.24, 2.45) is 0 Å². The van der Waals surface area contributed by atoms with Crippen molar-refractivity contribution in [3.8, 4) is 0 Å². The van der Waals surface area contributed by atoms with Crippen LogP contribution in [0.3, 0.4) is 0 Å². The van der Waals surface area contributed by atoms with Gasteiger partial charge in [-0.15, -0.1) is 0 Å². The molecule has 22 heavy (non-hydrogen) atoms. The maximum Gasteiger partial charge on any atom is 0.166 e. The number of hydrogen-bond donors (Lipinski definition) is 2. The second-order valence-corrected chi connectivity index (χ2v) is 5.92. The molecule has 0 radical (unpaired) electrons. The van der Waals surface area contributed by atoms with Gasteiger partial charge in [0.05, 0.1) is 6.04 Å². The molecular weight excluding hydrogens is 288 g/mol. The van der Waals surface area contributed by atoms with Crippen molar-refractivity contribution in [3.05, 3.63) is 71.3 Å². The zero-order valence-corrected chi connectivity index (χ0v) is 14.1. The quantitative estimate of drug-likeness (QED) is 0.784. The van der Waals surface area contributed by atoms with Crippen LogP contribution in [0.4, 0.5) is 0 Å². The minimum atomic E-state index is 0.261. The summed E-state index contributed by atoms with van der Waals surface area (Å²) in [6, 6.07) is 19.3. The first-order chi connectivity index (χ1) is 10.7. The van der Waals surface area contributed by atoms with Crippen LogP contribution in [0, 0.1) is 6.92 Å². The summed E-state index contributed by atoms with van der Waals surface area (Å²) in [5.41, 5.74) is 3.88. The highest BCUT2D eigenvalue weighted by Gasteiger charge is 2.09. The molecule has 0 amide bonds. The second-order valence-electron chi connectivity index (χ2n) is 5.51. The highest BCUT2D eigenvalue weighted by molar-refractivity contribution is 7.80. The van der Waals surface area contributed by atoms with Gasteiger partial charge in [-0.1, -0.05) is 67.1 Å². The first-order valence-electron chi connectivity index (χ1n) is 7.84. The lowest BCUT2D eigenvalue weighted by Gasteiger charge is -2.20. The Morgan fingerprint density at radius 1 is 1.05 bits per heavy atom. The van der Waals surface area contributed by atoms with Gasteiger partial charge in [-0.2, -0.15) is 0 Å². The Balaban J connectivity index is 1.81. The van der Waals surface area contributed by atoms with E-state index in [1.165, 1.54) is 16.7 Å². The average molecular weight is 312 g/mol. The zero-order chi connectivity index (χ0) is 15.8. The lowest BCUT2D eigenvalue weighted by atomic mass is 10.0. The molecule has 0 fully saturated rings. The van der Waals surface area contributed by atoms with Crippen molar-refractivity contribution in [1.82, 2.24) is 10.6 Å². The smallest absolute Gasteiger partial charge is 0.166 e. The molecule has 116 valence electrons. The summed E-state index contributed by atoms with van der Waals surface area (Å²) >= 11 is 5.42. The van der Waals surface area contributed by atoms with Gasteiger partial charge in [-0.25, -0.2) is 0 Å². The van der Waals surface area contributed by atoms with E-state index in [4.69, 9.17) is 12.2 Å². The van der Waals surface area contributed by atoms with Crippen LogP contribution in [0.25, 0.3) is 0 Å². The highest BCUT2D eigenvalue weighted by atomic mass is 32.1. The lowest BCUT2D eigenvalue weighted by Crippen LogP contribution is -2.38. The minimum absolute atomic E-state index is 0.261. The molecule has 0 aliphatic rings. The molecule has 0 bridgehead atoms. The van der Waals surface area contributed by atoms with Crippen LogP contribution in [0.5, 0.6) is 0 Å². The summed E-state index contributed by atoms with van der Waals surface area (Å²) in [6.45, 7) is 5.12. The molecule has 2 nitrogen and oxygen atoms in total. The van der Waals surface area contributed by atoms with E-state index in [1.54, 1.807) is 0 Å². The van der Waals surface area contributed by atoms with E-state index in [1.807, 2.05) is 6.07 Å². The van der Waals surface area contributed by atoms with Crippen molar-refractivity contribution in [3.63, 3.8) is 0 Å². The Labute approximate surface area is 139 Å². The number of nitrogens with one attached hydrogen (secondary N) is 2. The third kappa shape index (κ3) is 5.15. The molecule has 0 spiro atoms. The fourth-order valence-corrected chi connectivity index (χ4v) is 2.64. The third-order valence-corrected chi connectivity index (χ3v) is 4.00. The van der Waals surface area contributed by atoms with Gasteiger partial charge in [0.25, 0.3) is 0 Å². The average Bonchev–Trinajstić information content (AvgIpc) is 2.54. The van der Waals surface area contributed by atoms with Gasteiger partial charge in [0, 0.05) is 6.54 Å². The molecule has 2 N–H and O–H groups in total. The molecule has 2 rings (SSSR count). The summed E-state index contributed by atoms with van der Waals surface area (Å²) in [4.78, 5) is 0. The normalized spacial score (nSPS) is 11.7. The molecule has 2 aromatic carbocycles. The minimum Gasteiger partial charge on any atom is -0.362 e. The molecule has 2 aromatic rings. The van der Waals surface area contributed by atoms with E-state index in [0.717, 1.165) is 24.5 Å². The molecule has 1 unspecified atom stereocenters. The molecule has 3 heteroatoms. The van der Waals surface area contributed by atoms with E-state index in [0.29, 0.717) is 0 Å². The van der Waals surface area contributed by atoms with Gasteiger partial charge in [-0.05, 0) is 43.1 Å². The van der Waals surface area contributed by atoms with Crippen molar-refractivity contribution in [1.29, 1.82) is 0 Å². The number of hydrogen-bond acceptors (Lipinski definition) is 1. The van der Waals surface area contributed by atoms with Crippen molar-refractivity contribution in [2.75, 3.05) is 6.54 Å². The van der Waals surface area contributed by atoms with E-state index in [2.05, 4.69) is 73.0 Å². The van der Waals surface area contributed by atoms with E-state index in [-0.39, 0.29) is 6.04 Å². The number of rotatable bonds is 6. The van der Waals surface area contributed by atoms with Crippen LogP contribution < -0.4 is 10.6 Å². The standard InChI is InChI=1S/C19H24N2S/c1-3-18(17-11-9-15(2)10-12-17)21-19(22)20-14-13-16-7-5-4-6-8-16/h4-12,18H,3,13-14H2,1-2H3,(H2,20,21,22).